The largest absolute Gasteiger partial charge is 0.480 e. The SMILES string of the molecule is C.C.CCC(C)(C)NC.CNC(C)(C)C.CNC(CC(N)=O)C(=O)O.CNC(CCCN=C(N)N)C(=O)O.CNC1CCCC1.CNC1CCCCC1.CNCc1ccccc1. The molecule has 0 radical (unpaired) electrons. The van der Waals surface area contributed by atoms with Crippen molar-refractivity contribution in [2.24, 2.45) is 22.2 Å². The molecular formula is C46H101N11O5. The molecule has 2 saturated carbocycles. The Morgan fingerprint density at radius 2 is 1.13 bits per heavy atom. The Labute approximate surface area is 380 Å². The van der Waals surface area contributed by atoms with Gasteiger partial charge in [-0.15, -0.1) is 0 Å². The monoisotopic (exact) mass is 888 g/mol. The summed E-state index contributed by atoms with van der Waals surface area (Å²) in [7, 11) is 13.1. The van der Waals surface area contributed by atoms with Crippen LogP contribution in [-0.4, -0.2) is 125 Å². The van der Waals surface area contributed by atoms with Gasteiger partial charge in [-0.25, -0.2) is 0 Å². The van der Waals surface area contributed by atoms with Gasteiger partial charge in [0.15, 0.2) is 5.96 Å². The van der Waals surface area contributed by atoms with E-state index < -0.39 is 29.9 Å². The second kappa shape index (κ2) is 45.6. The van der Waals surface area contributed by atoms with Crippen molar-refractivity contribution in [1.82, 2.24) is 37.2 Å². The number of rotatable bonds is 16. The predicted molar refractivity (Wildman–Crippen MR) is 267 cm³/mol. The molecule has 2 fully saturated rings. The lowest BCUT2D eigenvalue weighted by molar-refractivity contribution is -0.141. The number of nitrogens with zero attached hydrogens (tertiary/aromatic N) is 1. The summed E-state index contributed by atoms with van der Waals surface area (Å²) in [5.41, 5.74) is 16.9. The minimum absolute atomic E-state index is 0. The molecule has 0 bridgehead atoms. The smallest absolute Gasteiger partial charge is 0.321 e. The quantitative estimate of drug-likeness (QED) is 0.0592. The Morgan fingerprint density at radius 1 is 0.710 bits per heavy atom. The van der Waals surface area contributed by atoms with Crippen LogP contribution < -0.4 is 54.4 Å². The number of carbonyl (C=O) groups excluding carboxylic acids is 1. The van der Waals surface area contributed by atoms with Crippen molar-refractivity contribution in [3.8, 4) is 0 Å². The second-order valence-electron chi connectivity index (χ2n) is 16.4. The van der Waals surface area contributed by atoms with Crippen molar-refractivity contribution in [1.29, 1.82) is 0 Å². The molecule has 0 aromatic heterocycles. The van der Waals surface area contributed by atoms with E-state index >= 15 is 0 Å². The number of primary amides is 1. The summed E-state index contributed by atoms with van der Waals surface area (Å²) < 4.78 is 0. The Balaban J connectivity index is -0.000000149. The van der Waals surface area contributed by atoms with Crippen LogP contribution in [0.15, 0.2) is 35.3 Å². The first-order valence-electron chi connectivity index (χ1n) is 21.7. The number of hydrogen-bond acceptors (Lipinski definition) is 11. The minimum atomic E-state index is -1.07. The lowest BCUT2D eigenvalue weighted by Crippen LogP contribution is -2.37. The van der Waals surface area contributed by atoms with E-state index in [-0.39, 0.29) is 27.2 Å². The number of nitrogens with two attached hydrogens (primary N) is 3. The molecule has 16 heteroatoms. The molecule has 2 atom stereocenters. The maximum atomic E-state index is 10.5. The van der Waals surface area contributed by atoms with Crippen LogP contribution in [0.1, 0.15) is 145 Å². The van der Waals surface area contributed by atoms with Crippen LogP contribution >= 0.6 is 0 Å². The van der Waals surface area contributed by atoms with Crippen molar-refractivity contribution in [3.05, 3.63) is 35.9 Å². The number of hydrogen-bond donors (Lipinski definition) is 12. The molecule has 0 saturated heterocycles. The van der Waals surface area contributed by atoms with E-state index in [1.54, 1.807) is 7.05 Å². The van der Waals surface area contributed by atoms with Gasteiger partial charge in [0.05, 0.1) is 6.42 Å². The summed E-state index contributed by atoms with van der Waals surface area (Å²) in [5.74, 6) is -2.51. The lowest BCUT2D eigenvalue weighted by atomic mass is 9.96. The fourth-order valence-electron chi connectivity index (χ4n) is 4.99. The van der Waals surface area contributed by atoms with E-state index in [4.69, 9.17) is 27.4 Å². The molecule has 0 heterocycles. The maximum absolute atomic E-state index is 10.5. The van der Waals surface area contributed by atoms with Crippen molar-refractivity contribution in [2.75, 3.05) is 55.9 Å². The van der Waals surface area contributed by atoms with Crippen LogP contribution in [-0.2, 0) is 20.9 Å². The van der Waals surface area contributed by atoms with Crippen molar-refractivity contribution < 1.29 is 24.6 Å². The Bertz CT molecular complexity index is 1160. The Morgan fingerprint density at radius 3 is 1.37 bits per heavy atom. The van der Waals surface area contributed by atoms with Gasteiger partial charge in [-0.05, 0) is 134 Å². The molecule has 0 spiro atoms. The van der Waals surface area contributed by atoms with Crippen LogP contribution in [0.25, 0.3) is 0 Å². The van der Waals surface area contributed by atoms with Crippen molar-refractivity contribution in [2.45, 2.75) is 182 Å². The molecule has 16 nitrogen and oxygen atoms in total. The summed E-state index contributed by atoms with van der Waals surface area (Å²) in [6.45, 7) is 14.4. The number of carboxylic acid groups (broad SMARTS) is 2. The molecule has 1 amide bonds. The van der Waals surface area contributed by atoms with E-state index in [1.807, 2.05) is 39.3 Å². The molecule has 1 aromatic carbocycles. The normalized spacial score (nSPS) is 14.1. The van der Waals surface area contributed by atoms with E-state index in [9.17, 15) is 14.4 Å². The third-order valence-corrected chi connectivity index (χ3v) is 9.95. The van der Waals surface area contributed by atoms with E-state index in [2.05, 4.69) is 110 Å². The number of nitrogens with one attached hydrogen (secondary N) is 7. The number of likely N-dealkylation sites (N-methyl/N-ethyl adjacent to an activating group) is 2. The minimum Gasteiger partial charge on any atom is -0.480 e. The van der Waals surface area contributed by atoms with Gasteiger partial charge in [-0.3, -0.25) is 19.4 Å². The number of carbonyl (C=O) groups is 3. The van der Waals surface area contributed by atoms with Gasteiger partial charge in [0, 0.05) is 36.3 Å². The van der Waals surface area contributed by atoms with Crippen LogP contribution in [0.3, 0.4) is 0 Å². The molecule has 15 N–H and O–H groups in total. The van der Waals surface area contributed by atoms with Gasteiger partial charge >= 0.3 is 11.9 Å². The molecule has 3 rings (SSSR count). The van der Waals surface area contributed by atoms with Gasteiger partial charge < -0.3 is 64.6 Å². The molecular weight excluding hydrogens is 787 g/mol. The number of benzene rings is 1. The first-order valence-corrected chi connectivity index (χ1v) is 21.7. The van der Waals surface area contributed by atoms with Crippen LogP contribution in [0.4, 0.5) is 0 Å². The maximum Gasteiger partial charge on any atom is 0.321 e. The molecule has 2 unspecified atom stereocenters. The summed E-state index contributed by atoms with van der Waals surface area (Å²) in [6.07, 6.45) is 15.0. The Kier molecular flexibility index (Phi) is 51.7. The zero-order valence-electron chi connectivity index (χ0n) is 40.1. The summed E-state index contributed by atoms with van der Waals surface area (Å²) in [5, 5.41) is 38.0. The first kappa shape index (κ1) is 70.3. The molecule has 2 aliphatic rings. The topological polar surface area (TPSA) is 266 Å². The number of aliphatic carboxylic acids is 2. The molecule has 1 aromatic rings. The highest BCUT2D eigenvalue weighted by molar-refractivity contribution is 5.83. The first-order chi connectivity index (χ1) is 28.1. The average Bonchev–Trinajstić information content (AvgIpc) is 3.76. The fourth-order valence-corrected chi connectivity index (χ4v) is 4.99. The highest BCUT2D eigenvalue weighted by atomic mass is 16.4. The molecule has 0 aliphatic heterocycles. The van der Waals surface area contributed by atoms with Gasteiger partial charge in [-0.2, -0.15) is 0 Å². The summed E-state index contributed by atoms with van der Waals surface area (Å²) >= 11 is 0. The van der Waals surface area contributed by atoms with Crippen molar-refractivity contribution in [3.63, 3.8) is 0 Å². The third-order valence-electron chi connectivity index (χ3n) is 9.95. The molecule has 370 valence electrons. The van der Waals surface area contributed by atoms with Gasteiger partial charge in [0.1, 0.15) is 12.1 Å². The summed E-state index contributed by atoms with van der Waals surface area (Å²) in [6, 6.07) is 10.6. The second-order valence-corrected chi connectivity index (χ2v) is 16.4. The van der Waals surface area contributed by atoms with E-state index in [0.29, 0.717) is 30.5 Å². The third kappa shape index (κ3) is 51.0. The van der Waals surface area contributed by atoms with Gasteiger partial charge in [0.2, 0.25) is 5.91 Å². The highest BCUT2D eigenvalue weighted by Gasteiger charge is 2.17. The van der Waals surface area contributed by atoms with Crippen LogP contribution in [0, 0.1) is 0 Å². The van der Waals surface area contributed by atoms with Crippen molar-refractivity contribution >= 4 is 23.8 Å². The molecule has 62 heavy (non-hydrogen) atoms. The van der Waals surface area contributed by atoms with E-state index in [1.165, 1.54) is 76.8 Å². The zero-order chi connectivity index (χ0) is 47.0. The average molecular weight is 888 g/mol. The van der Waals surface area contributed by atoms with Crippen LogP contribution in [0.5, 0.6) is 0 Å². The van der Waals surface area contributed by atoms with Crippen LogP contribution in [0.2, 0.25) is 0 Å². The van der Waals surface area contributed by atoms with E-state index in [0.717, 1.165) is 18.6 Å². The molecule has 2 aliphatic carbocycles. The summed E-state index contributed by atoms with van der Waals surface area (Å²) in [4.78, 5) is 34.6. The van der Waals surface area contributed by atoms with Gasteiger partial charge in [0.25, 0.3) is 0 Å². The number of carboxylic acids is 2. The van der Waals surface area contributed by atoms with Gasteiger partial charge in [-0.1, -0.05) is 84.2 Å². The number of guanidine groups is 1. The zero-order valence-corrected chi connectivity index (χ0v) is 40.1. The predicted octanol–water partition coefficient (Wildman–Crippen LogP) is 5.01. The lowest BCUT2D eigenvalue weighted by Gasteiger charge is -2.20. The standard InChI is InChI=1S/C8H11N.C7H16N4O2.C7H15N.C6H13N.C6H15N.C5H10N2O3.C5H13N.2CH4/c1-9-7-8-5-3-2-4-6-8;1-10-5(6(12)13)3-2-4-11-7(8)9;1-8-7-5-3-2-4-6-7;1-7-6-4-2-3-5-6;1-5-6(2,3)7-4;1-7-3(5(9)10)2-4(6)8;1-5(2,3)6-4;;/h2-6,9H,7H2,1H3;5,10H,2-4H2,1H3,(H,12,13)(H4,8,9,11);7-8H,2-6H2,1H3;6-7H,2-5H2,1H3;7H,5H2,1-4H3;3,7H,2H2,1H3,(H2,6,8)(H,9,10);6H,1-4H3;2*1H4. The number of amides is 1. The Hall–Kier alpha value is -3.38. The number of aliphatic imine (C=N–C) groups is 1. The highest BCUT2D eigenvalue weighted by Crippen LogP contribution is 2.17. The fraction of sp³-hybridized carbons (Fsp3) is 0.783.